The lowest BCUT2D eigenvalue weighted by Gasteiger charge is -2.26. The molecule has 0 aliphatic heterocycles. The largest absolute Gasteiger partial charge is 0.384 e. The van der Waals surface area contributed by atoms with Gasteiger partial charge < -0.3 is 24.3 Å². The lowest BCUT2D eigenvalue weighted by Crippen LogP contribution is -2.45. The smallest absolute Gasteiger partial charge is 0.251 e. The predicted molar refractivity (Wildman–Crippen MR) is 115 cm³/mol. The number of rotatable bonds is 15. The van der Waals surface area contributed by atoms with E-state index in [0.717, 1.165) is 0 Å². The number of hydrogen-bond acceptors (Lipinski definition) is 8. The second kappa shape index (κ2) is 14.5. The summed E-state index contributed by atoms with van der Waals surface area (Å²) in [6.07, 6.45) is 0.227. The van der Waals surface area contributed by atoms with Gasteiger partial charge in [-0.15, -0.1) is 0 Å². The summed E-state index contributed by atoms with van der Waals surface area (Å²) in [5.74, 6) is -2.40. The first-order valence-electron chi connectivity index (χ1n) is 10.2. The average molecular weight is 452 g/mol. The Balaban J connectivity index is 2.86. The molecule has 2 amide bonds. The van der Waals surface area contributed by atoms with Gasteiger partial charge >= 0.3 is 0 Å². The van der Waals surface area contributed by atoms with Crippen LogP contribution in [0.25, 0.3) is 0 Å². The number of hydroxylamine groups is 1. The second-order valence-electron chi connectivity index (χ2n) is 7.40. The molecule has 32 heavy (non-hydrogen) atoms. The topological polar surface area (TPSA) is 128 Å². The zero-order valence-corrected chi connectivity index (χ0v) is 19.3. The predicted octanol–water partition coefficient (Wildman–Crippen LogP) is 1.75. The molecule has 2 atom stereocenters. The van der Waals surface area contributed by atoms with Crippen LogP contribution in [-0.4, -0.2) is 64.5 Å². The number of carbonyl (C=O) groups is 2. The van der Waals surface area contributed by atoms with Crippen molar-refractivity contribution < 1.29 is 33.4 Å². The van der Waals surface area contributed by atoms with Gasteiger partial charge in [0.2, 0.25) is 5.91 Å². The molecule has 10 heteroatoms. The Kier molecular flexibility index (Phi) is 12.5. The zero-order valence-electron chi connectivity index (χ0n) is 19.3. The summed E-state index contributed by atoms with van der Waals surface area (Å²) >= 11 is 0. The summed E-state index contributed by atoms with van der Waals surface area (Å²) in [6.45, 7) is 5.93. The zero-order chi connectivity index (χ0) is 24.0. The molecule has 0 saturated heterocycles. The normalized spacial score (nSPS) is 13.1. The molecule has 2 unspecified atom stereocenters. The minimum absolute atomic E-state index is 0.0615. The maximum absolute atomic E-state index is 12.7. The minimum Gasteiger partial charge on any atom is -0.384 e. The second-order valence-corrected chi connectivity index (χ2v) is 7.40. The van der Waals surface area contributed by atoms with E-state index in [-0.39, 0.29) is 32.3 Å². The fourth-order valence-electron chi connectivity index (χ4n) is 2.56. The molecule has 1 aromatic carbocycles. The highest BCUT2D eigenvalue weighted by Gasteiger charge is 2.27. The molecule has 2 N–H and O–H groups in total. The van der Waals surface area contributed by atoms with E-state index in [2.05, 4.69) is 10.8 Å². The fourth-order valence-corrected chi connectivity index (χ4v) is 2.56. The van der Waals surface area contributed by atoms with Crippen molar-refractivity contribution in [2.75, 3.05) is 40.8 Å². The quantitative estimate of drug-likeness (QED) is 0.234. The van der Waals surface area contributed by atoms with E-state index in [9.17, 15) is 9.59 Å². The van der Waals surface area contributed by atoms with Gasteiger partial charge in [0.25, 0.3) is 5.91 Å². The first kappa shape index (κ1) is 27.5. The molecular formula is C22H33N3O7. The van der Waals surface area contributed by atoms with Gasteiger partial charge in [-0.05, 0) is 51.5 Å². The van der Waals surface area contributed by atoms with Gasteiger partial charge in [-0.25, -0.2) is 10.3 Å². The van der Waals surface area contributed by atoms with E-state index < -0.39 is 23.7 Å². The molecule has 1 rings (SSSR count). The number of methoxy groups -OCH3 is 2. The van der Waals surface area contributed by atoms with Gasteiger partial charge in [-0.3, -0.25) is 9.59 Å². The van der Waals surface area contributed by atoms with E-state index in [1.165, 1.54) is 14.2 Å². The van der Waals surface area contributed by atoms with Crippen LogP contribution >= 0.6 is 0 Å². The number of benzene rings is 1. The van der Waals surface area contributed by atoms with Crippen molar-refractivity contribution in [2.24, 2.45) is 5.92 Å². The van der Waals surface area contributed by atoms with Crippen LogP contribution in [0.1, 0.15) is 43.1 Å². The van der Waals surface area contributed by atoms with Crippen molar-refractivity contribution in [1.29, 1.82) is 5.26 Å². The first-order chi connectivity index (χ1) is 15.3. The van der Waals surface area contributed by atoms with Crippen LogP contribution in [0.3, 0.4) is 0 Å². The summed E-state index contributed by atoms with van der Waals surface area (Å²) < 4.78 is 21.0. The molecule has 0 fully saturated rings. The molecule has 1 aromatic rings. The monoisotopic (exact) mass is 451 g/mol. The van der Waals surface area contributed by atoms with Crippen molar-refractivity contribution >= 4 is 11.8 Å². The Hall–Kier alpha value is -2.55. The van der Waals surface area contributed by atoms with Gasteiger partial charge in [0, 0.05) is 26.4 Å². The number of ether oxygens (including phenoxy) is 4. The van der Waals surface area contributed by atoms with Gasteiger partial charge in [0.05, 0.1) is 36.8 Å². The molecule has 0 radical (unpaired) electrons. The molecule has 0 aliphatic carbocycles. The average Bonchev–Trinajstić information content (AvgIpc) is 2.79. The van der Waals surface area contributed by atoms with Crippen molar-refractivity contribution in [3.63, 3.8) is 0 Å². The maximum atomic E-state index is 12.7. The molecule has 0 bridgehead atoms. The molecule has 0 heterocycles. The summed E-state index contributed by atoms with van der Waals surface area (Å²) in [5, 5.41) is 11.8. The van der Waals surface area contributed by atoms with Crippen molar-refractivity contribution in [2.45, 2.75) is 39.0 Å². The Labute approximate surface area is 189 Å². The fraction of sp³-hybridized carbons (Fsp3) is 0.591. The Bertz CT molecular complexity index is 747. The molecule has 0 saturated carbocycles. The number of carbonyl (C=O) groups excluding carboxylic acids is 2. The number of nitriles is 1. The van der Waals surface area contributed by atoms with Gasteiger partial charge in [0.15, 0.2) is 5.79 Å². The van der Waals surface area contributed by atoms with Crippen LogP contribution < -0.4 is 10.8 Å². The third kappa shape index (κ3) is 10.2. The minimum atomic E-state index is -1.00. The number of amides is 2. The molecular weight excluding hydrogens is 418 g/mol. The van der Waals surface area contributed by atoms with E-state index in [4.69, 9.17) is 29.0 Å². The van der Waals surface area contributed by atoms with Crippen molar-refractivity contribution in [1.82, 2.24) is 10.8 Å². The number of hydrogen-bond donors (Lipinski definition) is 2. The van der Waals surface area contributed by atoms with Gasteiger partial charge in [0.1, 0.15) is 6.79 Å². The highest BCUT2D eigenvalue weighted by atomic mass is 16.8. The van der Waals surface area contributed by atoms with Crippen LogP contribution in [0.4, 0.5) is 0 Å². The van der Waals surface area contributed by atoms with E-state index >= 15 is 0 Å². The van der Waals surface area contributed by atoms with E-state index in [0.29, 0.717) is 17.7 Å². The summed E-state index contributed by atoms with van der Waals surface area (Å²) in [7, 11) is 2.94. The van der Waals surface area contributed by atoms with E-state index in [1.54, 1.807) is 38.1 Å². The summed E-state index contributed by atoms with van der Waals surface area (Å²) in [4.78, 5) is 30.6. The Morgan fingerprint density at radius 3 is 2.38 bits per heavy atom. The number of nitrogens with one attached hydrogen (secondary N) is 2. The molecule has 0 aromatic heterocycles. The summed E-state index contributed by atoms with van der Waals surface area (Å²) in [6, 6.07) is 7.74. The Morgan fingerprint density at radius 2 is 1.81 bits per heavy atom. The standard InChI is InChI=1S/C22H33N3O7/c1-6-30-15-31-14-19(24-20(26)17-9-7-16(12-23)8-10-17)11-18(13-28-4)21(27)25-32-22(2,3)29-5/h7-10,18-19H,6,11,13-15H2,1-5H3,(H,24,26)(H,25,27). The van der Waals surface area contributed by atoms with Crippen LogP contribution in [0.2, 0.25) is 0 Å². The van der Waals surface area contributed by atoms with Crippen LogP contribution in [-0.2, 0) is 28.6 Å². The van der Waals surface area contributed by atoms with Crippen molar-refractivity contribution in [3.8, 4) is 6.07 Å². The van der Waals surface area contributed by atoms with Crippen molar-refractivity contribution in [3.05, 3.63) is 35.4 Å². The van der Waals surface area contributed by atoms with Crippen LogP contribution in [0.15, 0.2) is 24.3 Å². The van der Waals surface area contributed by atoms with Crippen LogP contribution in [0.5, 0.6) is 0 Å². The molecule has 10 nitrogen and oxygen atoms in total. The van der Waals surface area contributed by atoms with Crippen LogP contribution in [0, 0.1) is 17.2 Å². The highest BCUT2D eigenvalue weighted by molar-refractivity contribution is 5.94. The summed E-state index contributed by atoms with van der Waals surface area (Å²) in [5.41, 5.74) is 3.22. The van der Waals surface area contributed by atoms with E-state index in [1.807, 2.05) is 13.0 Å². The third-order valence-corrected chi connectivity index (χ3v) is 4.50. The third-order valence-electron chi connectivity index (χ3n) is 4.50. The SMILES string of the molecule is CCOCOCC(CC(COC)C(=O)NOC(C)(C)OC)NC(=O)c1ccc(C#N)cc1. The lowest BCUT2D eigenvalue weighted by atomic mass is 9.99. The lowest BCUT2D eigenvalue weighted by molar-refractivity contribution is -0.233. The Morgan fingerprint density at radius 1 is 1.12 bits per heavy atom. The molecule has 0 aliphatic rings. The first-order valence-corrected chi connectivity index (χ1v) is 10.2. The van der Waals surface area contributed by atoms with Gasteiger partial charge in [-0.2, -0.15) is 5.26 Å². The molecule has 178 valence electrons. The molecule has 0 spiro atoms. The maximum Gasteiger partial charge on any atom is 0.251 e. The van der Waals surface area contributed by atoms with Gasteiger partial charge in [-0.1, -0.05) is 0 Å². The highest BCUT2D eigenvalue weighted by Crippen LogP contribution is 2.13. The number of nitrogens with zero attached hydrogens (tertiary/aromatic N) is 1.